The predicted molar refractivity (Wildman–Crippen MR) is 62.8 cm³/mol. The zero-order valence-electron chi connectivity index (χ0n) is 8.90. The second-order valence-corrected chi connectivity index (χ2v) is 4.42. The maximum atomic E-state index is 12.0. The Morgan fingerprint density at radius 3 is 2.69 bits per heavy atom. The first-order valence-corrected chi connectivity index (χ1v) is 5.88. The molecule has 1 heterocycles. The van der Waals surface area contributed by atoms with Crippen molar-refractivity contribution in [1.82, 2.24) is 4.90 Å². The highest BCUT2D eigenvalue weighted by Gasteiger charge is 2.26. The van der Waals surface area contributed by atoms with Gasteiger partial charge in [0, 0.05) is 24.5 Å². The molecule has 4 heteroatoms. The number of amides is 1. The summed E-state index contributed by atoms with van der Waals surface area (Å²) in [5.74, 6) is 1.23. The SMILES string of the molecule is O=C(c1ccc(O)cc1)N1CCC(CCl)C1. The van der Waals surface area contributed by atoms with Crippen LogP contribution in [0.15, 0.2) is 24.3 Å². The molecule has 1 fully saturated rings. The van der Waals surface area contributed by atoms with Gasteiger partial charge in [-0.05, 0) is 36.6 Å². The van der Waals surface area contributed by atoms with E-state index >= 15 is 0 Å². The van der Waals surface area contributed by atoms with E-state index in [1.54, 1.807) is 12.1 Å². The second-order valence-electron chi connectivity index (χ2n) is 4.11. The summed E-state index contributed by atoms with van der Waals surface area (Å²) < 4.78 is 0. The number of benzene rings is 1. The molecule has 0 radical (unpaired) electrons. The standard InChI is InChI=1S/C12H14ClNO2/c13-7-9-5-6-14(8-9)12(16)10-1-3-11(15)4-2-10/h1-4,9,15H,5-8H2. The molecule has 1 unspecified atom stereocenters. The van der Waals surface area contributed by atoms with Crippen molar-refractivity contribution < 1.29 is 9.90 Å². The molecular formula is C12H14ClNO2. The first kappa shape index (κ1) is 11.3. The molecule has 1 saturated heterocycles. The van der Waals surface area contributed by atoms with Gasteiger partial charge in [0.05, 0.1) is 0 Å². The fourth-order valence-electron chi connectivity index (χ4n) is 1.93. The normalized spacial score (nSPS) is 20.1. The van der Waals surface area contributed by atoms with Crippen LogP contribution in [0.5, 0.6) is 5.75 Å². The van der Waals surface area contributed by atoms with Crippen molar-refractivity contribution in [1.29, 1.82) is 0 Å². The third-order valence-electron chi connectivity index (χ3n) is 2.91. The van der Waals surface area contributed by atoms with Gasteiger partial charge in [-0.1, -0.05) is 0 Å². The summed E-state index contributed by atoms with van der Waals surface area (Å²) in [7, 11) is 0. The van der Waals surface area contributed by atoms with Crippen molar-refractivity contribution in [2.24, 2.45) is 5.92 Å². The molecule has 86 valence electrons. The molecule has 0 aromatic heterocycles. The highest BCUT2D eigenvalue weighted by molar-refractivity contribution is 6.18. The van der Waals surface area contributed by atoms with E-state index in [0.29, 0.717) is 17.4 Å². The fourth-order valence-corrected chi connectivity index (χ4v) is 2.18. The minimum atomic E-state index is 0.0209. The molecular weight excluding hydrogens is 226 g/mol. The van der Waals surface area contributed by atoms with Gasteiger partial charge in [0.25, 0.3) is 5.91 Å². The first-order chi connectivity index (χ1) is 7.70. The Hall–Kier alpha value is -1.22. The number of phenols is 1. The van der Waals surface area contributed by atoms with Crippen LogP contribution in [0, 0.1) is 5.92 Å². The van der Waals surface area contributed by atoms with Gasteiger partial charge in [-0.2, -0.15) is 0 Å². The summed E-state index contributed by atoms with van der Waals surface area (Å²) in [5, 5.41) is 9.14. The molecule has 1 amide bonds. The number of rotatable bonds is 2. The van der Waals surface area contributed by atoms with E-state index in [9.17, 15) is 4.79 Å². The summed E-state index contributed by atoms with van der Waals surface area (Å²) in [4.78, 5) is 13.8. The molecule has 1 aliphatic rings. The van der Waals surface area contributed by atoms with E-state index in [-0.39, 0.29) is 11.7 Å². The Kier molecular flexibility index (Phi) is 3.34. The maximum Gasteiger partial charge on any atom is 0.253 e. The highest BCUT2D eigenvalue weighted by Crippen LogP contribution is 2.20. The van der Waals surface area contributed by atoms with E-state index in [4.69, 9.17) is 16.7 Å². The lowest BCUT2D eigenvalue weighted by atomic mass is 10.1. The van der Waals surface area contributed by atoms with Crippen molar-refractivity contribution in [2.75, 3.05) is 19.0 Å². The van der Waals surface area contributed by atoms with Crippen LogP contribution in [0.3, 0.4) is 0 Å². The number of aromatic hydroxyl groups is 1. The maximum absolute atomic E-state index is 12.0. The fraction of sp³-hybridized carbons (Fsp3) is 0.417. The Morgan fingerprint density at radius 1 is 1.44 bits per heavy atom. The monoisotopic (exact) mass is 239 g/mol. The molecule has 0 saturated carbocycles. The number of alkyl halides is 1. The molecule has 1 atom stereocenters. The van der Waals surface area contributed by atoms with Gasteiger partial charge in [0.1, 0.15) is 5.75 Å². The molecule has 3 nitrogen and oxygen atoms in total. The van der Waals surface area contributed by atoms with Gasteiger partial charge in [0.15, 0.2) is 0 Å². The second kappa shape index (κ2) is 4.74. The number of phenolic OH excluding ortho intramolecular Hbond substituents is 1. The predicted octanol–water partition coefficient (Wildman–Crippen LogP) is 2.09. The summed E-state index contributed by atoms with van der Waals surface area (Å²) in [5.41, 5.74) is 0.619. The van der Waals surface area contributed by atoms with Crippen molar-refractivity contribution in [3.05, 3.63) is 29.8 Å². The van der Waals surface area contributed by atoms with Gasteiger partial charge < -0.3 is 10.0 Å². The van der Waals surface area contributed by atoms with E-state index < -0.39 is 0 Å². The van der Waals surface area contributed by atoms with Crippen LogP contribution in [-0.2, 0) is 0 Å². The lowest BCUT2D eigenvalue weighted by molar-refractivity contribution is 0.0788. The van der Waals surface area contributed by atoms with E-state index in [1.165, 1.54) is 12.1 Å². The highest BCUT2D eigenvalue weighted by atomic mass is 35.5. The third-order valence-corrected chi connectivity index (χ3v) is 3.34. The Morgan fingerprint density at radius 2 is 2.12 bits per heavy atom. The molecule has 0 spiro atoms. The molecule has 0 aliphatic carbocycles. The Balaban J connectivity index is 2.05. The third kappa shape index (κ3) is 2.30. The smallest absolute Gasteiger partial charge is 0.253 e. The zero-order chi connectivity index (χ0) is 11.5. The minimum absolute atomic E-state index is 0.0209. The van der Waals surface area contributed by atoms with Crippen LogP contribution in [0.2, 0.25) is 0 Å². The van der Waals surface area contributed by atoms with Crippen molar-refractivity contribution >= 4 is 17.5 Å². The van der Waals surface area contributed by atoms with Gasteiger partial charge >= 0.3 is 0 Å². The van der Waals surface area contributed by atoms with Crippen LogP contribution in [0.1, 0.15) is 16.8 Å². The van der Waals surface area contributed by atoms with Crippen molar-refractivity contribution in [3.8, 4) is 5.75 Å². The largest absolute Gasteiger partial charge is 0.508 e. The van der Waals surface area contributed by atoms with E-state index in [1.807, 2.05) is 4.90 Å². The topological polar surface area (TPSA) is 40.5 Å². The number of halogens is 1. The van der Waals surface area contributed by atoms with E-state index in [2.05, 4.69) is 0 Å². The zero-order valence-corrected chi connectivity index (χ0v) is 9.65. The van der Waals surface area contributed by atoms with Crippen LogP contribution >= 0.6 is 11.6 Å². The molecule has 1 N–H and O–H groups in total. The number of nitrogens with zero attached hydrogens (tertiary/aromatic N) is 1. The summed E-state index contributed by atoms with van der Waals surface area (Å²) >= 11 is 5.77. The number of hydrogen-bond acceptors (Lipinski definition) is 2. The van der Waals surface area contributed by atoms with Crippen LogP contribution in [0.4, 0.5) is 0 Å². The quantitative estimate of drug-likeness (QED) is 0.803. The average Bonchev–Trinajstić information content (AvgIpc) is 2.77. The Labute approximate surface area is 99.6 Å². The van der Waals surface area contributed by atoms with Gasteiger partial charge in [0.2, 0.25) is 0 Å². The van der Waals surface area contributed by atoms with Gasteiger partial charge in [-0.3, -0.25) is 4.79 Å². The van der Waals surface area contributed by atoms with Crippen molar-refractivity contribution in [3.63, 3.8) is 0 Å². The lowest BCUT2D eigenvalue weighted by Gasteiger charge is -2.16. The molecule has 2 rings (SSSR count). The summed E-state index contributed by atoms with van der Waals surface area (Å²) in [6.45, 7) is 1.51. The van der Waals surface area contributed by atoms with Crippen LogP contribution in [0.25, 0.3) is 0 Å². The lowest BCUT2D eigenvalue weighted by Crippen LogP contribution is -2.28. The van der Waals surface area contributed by atoms with Crippen molar-refractivity contribution in [2.45, 2.75) is 6.42 Å². The Bertz CT molecular complexity index is 377. The first-order valence-electron chi connectivity index (χ1n) is 5.35. The van der Waals surface area contributed by atoms with Gasteiger partial charge in [-0.15, -0.1) is 11.6 Å². The summed E-state index contributed by atoms with van der Waals surface area (Å²) in [6.07, 6.45) is 0.979. The summed E-state index contributed by atoms with van der Waals surface area (Å²) in [6, 6.07) is 6.35. The van der Waals surface area contributed by atoms with Crippen LogP contribution < -0.4 is 0 Å². The molecule has 1 aromatic rings. The number of carbonyl (C=O) groups is 1. The van der Waals surface area contributed by atoms with Gasteiger partial charge in [-0.25, -0.2) is 0 Å². The van der Waals surface area contributed by atoms with E-state index in [0.717, 1.165) is 19.5 Å². The minimum Gasteiger partial charge on any atom is -0.508 e. The average molecular weight is 240 g/mol. The van der Waals surface area contributed by atoms with Crippen LogP contribution in [-0.4, -0.2) is 34.9 Å². The number of carbonyl (C=O) groups excluding carboxylic acids is 1. The molecule has 1 aromatic carbocycles. The molecule has 0 bridgehead atoms. The number of likely N-dealkylation sites (tertiary alicyclic amines) is 1. The number of hydrogen-bond donors (Lipinski definition) is 1. The molecule has 1 aliphatic heterocycles. The molecule has 16 heavy (non-hydrogen) atoms.